The standard InChI is InChI=1S/C17H23N3O/c1-14-6-7-16(15(13-14)5-4-8-18)17(21)19-9-12-20-10-2-3-11-20/h6-7,13H,2-3,8-12,18H2,1H3,(H,19,21). The lowest BCUT2D eigenvalue weighted by Gasteiger charge is -2.15. The molecule has 1 aliphatic rings. The molecule has 0 unspecified atom stereocenters. The molecule has 0 spiro atoms. The molecule has 1 fully saturated rings. The molecule has 1 aliphatic heterocycles. The van der Waals surface area contributed by atoms with Gasteiger partial charge in [-0.1, -0.05) is 17.9 Å². The predicted molar refractivity (Wildman–Crippen MR) is 85.1 cm³/mol. The van der Waals surface area contributed by atoms with Crippen LogP contribution in [0.25, 0.3) is 0 Å². The van der Waals surface area contributed by atoms with Crippen LogP contribution in [0.5, 0.6) is 0 Å². The number of nitrogens with two attached hydrogens (primary N) is 1. The predicted octanol–water partition coefficient (Wildman–Crippen LogP) is 1.13. The van der Waals surface area contributed by atoms with E-state index in [1.807, 2.05) is 25.1 Å². The van der Waals surface area contributed by atoms with Crippen molar-refractivity contribution in [2.45, 2.75) is 19.8 Å². The Balaban J connectivity index is 1.97. The fourth-order valence-corrected chi connectivity index (χ4v) is 2.53. The minimum absolute atomic E-state index is 0.0597. The van der Waals surface area contributed by atoms with Crippen LogP contribution in [0.1, 0.15) is 34.3 Å². The third-order valence-corrected chi connectivity index (χ3v) is 3.66. The molecule has 0 bridgehead atoms. The third kappa shape index (κ3) is 4.59. The number of carbonyl (C=O) groups excluding carboxylic acids is 1. The van der Waals surface area contributed by atoms with Crippen LogP contribution in [-0.2, 0) is 0 Å². The Hall–Kier alpha value is -1.83. The maximum Gasteiger partial charge on any atom is 0.252 e. The molecular formula is C17H23N3O. The molecule has 0 aromatic heterocycles. The van der Waals surface area contributed by atoms with Crippen LogP contribution in [0.15, 0.2) is 18.2 Å². The van der Waals surface area contributed by atoms with Crippen molar-refractivity contribution in [3.63, 3.8) is 0 Å². The molecular weight excluding hydrogens is 262 g/mol. The van der Waals surface area contributed by atoms with Gasteiger partial charge in [0.15, 0.2) is 0 Å². The number of nitrogens with zero attached hydrogens (tertiary/aromatic N) is 1. The molecule has 21 heavy (non-hydrogen) atoms. The summed E-state index contributed by atoms with van der Waals surface area (Å²) in [5.41, 5.74) is 7.88. The van der Waals surface area contributed by atoms with Crippen LogP contribution >= 0.6 is 0 Å². The van der Waals surface area contributed by atoms with Crippen LogP contribution in [0, 0.1) is 18.8 Å². The first-order chi connectivity index (χ1) is 10.2. The van der Waals surface area contributed by atoms with Gasteiger partial charge in [0.2, 0.25) is 0 Å². The molecule has 1 amide bonds. The van der Waals surface area contributed by atoms with Crippen molar-refractivity contribution in [2.24, 2.45) is 5.73 Å². The van der Waals surface area contributed by atoms with Crippen molar-refractivity contribution < 1.29 is 4.79 Å². The molecule has 0 atom stereocenters. The second kappa shape index (κ2) is 7.82. The first-order valence-electron chi connectivity index (χ1n) is 7.51. The molecule has 0 saturated carbocycles. The fraction of sp³-hybridized carbons (Fsp3) is 0.471. The largest absolute Gasteiger partial charge is 0.351 e. The molecule has 1 saturated heterocycles. The van der Waals surface area contributed by atoms with Crippen molar-refractivity contribution in [1.82, 2.24) is 10.2 Å². The zero-order chi connectivity index (χ0) is 15.1. The Labute approximate surface area is 126 Å². The van der Waals surface area contributed by atoms with E-state index in [-0.39, 0.29) is 5.91 Å². The van der Waals surface area contributed by atoms with Crippen LogP contribution in [0.3, 0.4) is 0 Å². The van der Waals surface area contributed by atoms with Crippen molar-refractivity contribution in [1.29, 1.82) is 0 Å². The number of hydrogen-bond acceptors (Lipinski definition) is 3. The van der Waals surface area contributed by atoms with Gasteiger partial charge in [0, 0.05) is 18.7 Å². The Morgan fingerprint density at radius 2 is 2.14 bits per heavy atom. The normalized spacial score (nSPS) is 14.6. The number of aryl methyl sites for hydroxylation is 1. The quantitative estimate of drug-likeness (QED) is 0.815. The molecule has 1 aromatic carbocycles. The van der Waals surface area contributed by atoms with E-state index in [0.717, 1.165) is 30.8 Å². The minimum atomic E-state index is -0.0597. The zero-order valence-corrected chi connectivity index (χ0v) is 12.6. The van der Waals surface area contributed by atoms with Crippen molar-refractivity contribution >= 4 is 5.91 Å². The number of rotatable bonds is 4. The van der Waals surface area contributed by atoms with E-state index in [1.54, 1.807) is 0 Å². The van der Waals surface area contributed by atoms with Gasteiger partial charge in [0.25, 0.3) is 5.91 Å². The van der Waals surface area contributed by atoms with Crippen LogP contribution in [-0.4, -0.2) is 43.5 Å². The highest BCUT2D eigenvalue weighted by atomic mass is 16.1. The fourth-order valence-electron chi connectivity index (χ4n) is 2.53. The summed E-state index contributed by atoms with van der Waals surface area (Å²) in [6.07, 6.45) is 2.54. The summed E-state index contributed by atoms with van der Waals surface area (Å²) in [4.78, 5) is 14.7. The molecule has 0 radical (unpaired) electrons. The highest BCUT2D eigenvalue weighted by molar-refractivity contribution is 5.96. The number of nitrogens with one attached hydrogen (secondary N) is 1. The highest BCUT2D eigenvalue weighted by Gasteiger charge is 2.13. The number of likely N-dealkylation sites (tertiary alicyclic amines) is 1. The lowest BCUT2D eigenvalue weighted by Crippen LogP contribution is -2.33. The van der Waals surface area contributed by atoms with E-state index in [2.05, 4.69) is 22.1 Å². The number of amides is 1. The minimum Gasteiger partial charge on any atom is -0.351 e. The van der Waals surface area contributed by atoms with Crippen molar-refractivity contribution in [3.8, 4) is 11.8 Å². The van der Waals surface area contributed by atoms with E-state index in [4.69, 9.17) is 5.73 Å². The van der Waals surface area contributed by atoms with Gasteiger partial charge in [-0.3, -0.25) is 4.79 Å². The Morgan fingerprint density at radius 1 is 1.38 bits per heavy atom. The SMILES string of the molecule is Cc1ccc(C(=O)NCCN2CCCC2)c(C#CCN)c1. The van der Waals surface area contributed by atoms with Gasteiger partial charge < -0.3 is 16.0 Å². The maximum atomic E-state index is 12.3. The number of hydrogen-bond donors (Lipinski definition) is 2. The number of carbonyl (C=O) groups is 1. The van der Waals surface area contributed by atoms with Gasteiger partial charge in [-0.05, 0) is 50.6 Å². The van der Waals surface area contributed by atoms with Gasteiger partial charge in [0.1, 0.15) is 0 Å². The Morgan fingerprint density at radius 3 is 2.86 bits per heavy atom. The molecule has 2 rings (SSSR count). The highest BCUT2D eigenvalue weighted by Crippen LogP contribution is 2.11. The van der Waals surface area contributed by atoms with Gasteiger partial charge in [-0.25, -0.2) is 0 Å². The monoisotopic (exact) mass is 285 g/mol. The van der Waals surface area contributed by atoms with Crippen LogP contribution in [0.4, 0.5) is 0 Å². The summed E-state index contributed by atoms with van der Waals surface area (Å²) in [5.74, 6) is 5.74. The second-order valence-corrected chi connectivity index (χ2v) is 5.36. The van der Waals surface area contributed by atoms with Crippen LogP contribution in [0.2, 0.25) is 0 Å². The molecule has 4 heteroatoms. The summed E-state index contributed by atoms with van der Waals surface area (Å²) in [5, 5.41) is 2.98. The first kappa shape index (κ1) is 15.6. The molecule has 3 N–H and O–H groups in total. The molecule has 112 valence electrons. The van der Waals surface area contributed by atoms with Crippen LogP contribution < -0.4 is 11.1 Å². The second-order valence-electron chi connectivity index (χ2n) is 5.36. The van der Waals surface area contributed by atoms with Crippen molar-refractivity contribution in [3.05, 3.63) is 34.9 Å². The number of benzene rings is 1. The molecule has 1 heterocycles. The molecule has 1 aromatic rings. The summed E-state index contributed by atoms with van der Waals surface area (Å²) in [6, 6.07) is 5.70. The average molecular weight is 285 g/mol. The van der Waals surface area contributed by atoms with E-state index in [1.165, 1.54) is 12.8 Å². The third-order valence-electron chi connectivity index (χ3n) is 3.66. The summed E-state index contributed by atoms with van der Waals surface area (Å²) in [6.45, 7) is 6.17. The average Bonchev–Trinajstić information content (AvgIpc) is 2.98. The topological polar surface area (TPSA) is 58.4 Å². The van der Waals surface area contributed by atoms with E-state index in [9.17, 15) is 4.79 Å². The van der Waals surface area contributed by atoms with E-state index in [0.29, 0.717) is 18.7 Å². The lowest BCUT2D eigenvalue weighted by atomic mass is 10.0. The van der Waals surface area contributed by atoms with E-state index < -0.39 is 0 Å². The van der Waals surface area contributed by atoms with Gasteiger partial charge in [-0.15, -0.1) is 0 Å². The van der Waals surface area contributed by atoms with Crippen molar-refractivity contribution in [2.75, 3.05) is 32.7 Å². The molecule has 0 aliphatic carbocycles. The van der Waals surface area contributed by atoms with E-state index >= 15 is 0 Å². The first-order valence-corrected chi connectivity index (χ1v) is 7.51. The zero-order valence-electron chi connectivity index (χ0n) is 12.6. The smallest absolute Gasteiger partial charge is 0.252 e. The summed E-state index contributed by atoms with van der Waals surface area (Å²) >= 11 is 0. The molecule has 4 nitrogen and oxygen atoms in total. The Kier molecular flexibility index (Phi) is 5.79. The van der Waals surface area contributed by atoms with Gasteiger partial charge >= 0.3 is 0 Å². The van der Waals surface area contributed by atoms with Gasteiger partial charge in [0.05, 0.1) is 12.1 Å². The summed E-state index contributed by atoms with van der Waals surface area (Å²) < 4.78 is 0. The van der Waals surface area contributed by atoms with Gasteiger partial charge in [-0.2, -0.15) is 0 Å². The maximum absolute atomic E-state index is 12.3. The lowest BCUT2D eigenvalue weighted by molar-refractivity contribution is 0.0949. The Bertz CT molecular complexity index is 551. The summed E-state index contributed by atoms with van der Waals surface area (Å²) in [7, 11) is 0.